The number of ether oxygens (including phenoxy) is 3. The Hall–Kier alpha value is -3.45. The average molecular weight is 478 g/mol. The van der Waals surface area contributed by atoms with Gasteiger partial charge < -0.3 is 14.2 Å². The molecule has 0 radical (unpaired) electrons. The predicted molar refractivity (Wildman–Crippen MR) is 109 cm³/mol. The number of rotatable bonds is 8. The number of hydrazone groups is 1. The molecule has 0 saturated carbocycles. The van der Waals surface area contributed by atoms with Crippen molar-refractivity contribution in [3.8, 4) is 17.6 Å². The molecule has 2 rings (SSSR count). The monoisotopic (exact) mass is 477 g/mol. The number of nitrogens with one attached hydrogen (secondary N) is 1. The Balaban J connectivity index is 2.15. The Morgan fingerprint density at radius 3 is 2.70 bits per heavy atom. The third-order valence-corrected chi connectivity index (χ3v) is 4.21. The van der Waals surface area contributed by atoms with Crippen molar-refractivity contribution in [3.63, 3.8) is 0 Å². The lowest BCUT2D eigenvalue weighted by Crippen LogP contribution is -2.19. The van der Waals surface area contributed by atoms with Crippen molar-refractivity contribution < 1.29 is 28.2 Å². The molecular weight excluding hydrogens is 461 g/mol. The van der Waals surface area contributed by atoms with E-state index in [1.54, 1.807) is 25.1 Å². The molecule has 1 N–H and O–H groups in total. The minimum atomic E-state index is -0.824. The molecule has 0 fully saturated rings. The van der Waals surface area contributed by atoms with Gasteiger partial charge in [-0.25, -0.2) is 14.6 Å². The van der Waals surface area contributed by atoms with Gasteiger partial charge in [0.05, 0.1) is 41.6 Å². The number of nitrogens with zero attached hydrogens (tertiary/aromatic N) is 2. The first-order valence-corrected chi connectivity index (χ1v) is 9.37. The second-order valence-electron chi connectivity index (χ2n) is 5.63. The van der Waals surface area contributed by atoms with Crippen molar-refractivity contribution >= 4 is 34.0 Å². The van der Waals surface area contributed by atoms with Crippen LogP contribution in [0.15, 0.2) is 39.9 Å². The molecule has 2 aromatic carbocycles. The third-order valence-electron chi connectivity index (χ3n) is 3.62. The van der Waals surface area contributed by atoms with Gasteiger partial charge in [-0.15, -0.1) is 0 Å². The number of halogens is 2. The van der Waals surface area contributed by atoms with Crippen molar-refractivity contribution in [3.05, 3.63) is 57.3 Å². The molecule has 0 aliphatic carbocycles. The van der Waals surface area contributed by atoms with E-state index in [4.69, 9.17) is 14.7 Å². The summed E-state index contributed by atoms with van der Waals surface area (Å²) in [5.41, 5.74) is 2.62. The SMILES string of the molecule is CCOc1cc(/C=N\NC(=O)c2ccc(C#N)cc2F)cc(Br)c1OCC(=O)OC. The number of methoxy groups -OCH3 is 1. The van der Waals surface area contributed by atoms with E-state index in [1.807, 2.05) is 0 Å². The first kappa shape index (κ1) is 22.8. The lowest BCUT2D eigenvalue weighted by Gasteiger charge is -2.13. The number of carbonyl (C=O) groups excluding carboxylic acids is 2. The molecule has 0 saturated heterocycles. The van der Waals surface area contributed by atoms with Crippen LogP contribution in [0.3, 0.4) is 0 Å². The number of nitriles is 1. The zero-order valence-electron chi connectivity index (χ0n) is 16.1. The Morgan fingerprint density at radius 2 is 2.07 bits per heavy atom. The van der Waals surface area contributed by atoms with Crippen LogP contribution < -0.4 is 14.9 Å². The number of hydrogen-bond acceptors (Lipinski definition) is 7. The summed E-state index contributed by atoms with van der Waals surface area (Å²) >= 11 is 3.34. The summed E-state index contributed by atoms with van der Waals surface area (Å²) in [5, 5.41) is 12.6. The fourth-order valence-corrected chi connectivity index (χ4v) is 2.82. The van der Waals surface area contributed by atoms with Gasteiger partial charge in [-0.05, 0) is 58.7 Å². The van der Waals surface area contributed by atoms with E-state index in [1.165, 1.54) is 25.5 Å². The number of benzene rings is 2. The van der Waals surface area contributed by atoms with Crippen LogP contribution in [0.2, 0.25) is 0 Å². The van der Waals surface area contributed by atoms with Crippen LogP contribution in [-0.4, -0.2) is 38.4 Å². The Labute approximate surface area is 180 Å². The standard InChI is InChI=1S/C20H17BrFN3O5/c1-3-29-17-8-13(6-15(21)19(17)30-11-18(26)28-2)10-24-25-20(27)14-5-4-12(9-23)7-16(14)22/h4-8,10H,3,11H2,1-2H3,(H,25,27)/b24-10-. The predicted octanol–water partition coefficient (Wildman–Crippen LogP) is 3.17. The highest BCUT2D eigenvalue weighted by molar-refractivity contribution is 9.10. The van der Waals surface area contributed by atoms with Crippen molar-refractivity contribution in [1.82, 2.24) is 5.43 Å². The van der Waals surface area contributed by atoms with Gasteiger partial charge >= 0.3 is 5.97 Å². The van der Waals surface area contributed by atoms with Gasteiger partial charge in [-0.3, -0.25) is 4.79 Å². The molecule has 0 aromatic heterocycles. The molecule has 0 spiro atoms. The zero-order valence-corrected chi connectivity index (χ0v) is 17.7. The largest absolute Gasteiger partial charge is 0.490 e. The van der Waals surface area contributed by atoms with Crippen LogP contribution in [0.5, 0.6) is 11.5 Å². The number of carbonyl (C=O) groups is 2. The van der Waals surface area contributed by atoms with Crippen LogP contribution in [0.1, 0.15) is 28.4 Å². The molecule has 0 unspecified atom stereocenters. The van der Waals surface area contributed by atoms with Gasteiger partial charge in [-0.2, -0.15) is 10.4 Å². The van der Waals surface area contributed by atoms with Gasteiger partial charge in [0, 0.05) is 0 Å². The van der Waals surface area contributed by atoms with Crippen molar-refractivity contribution in [2.24, 2.45) is 5.10 Å². The number of amides is 1. The van der Waals surface area contributed by atoms with E-state index in [9.17, 15) is 14.0 Å². The Bertz CT molecular complexity index is 1020. The van der Waals surface area contributed by atoms with Crippen molar-refractivity contribution in [2.45, 2.75) is 6.92 Å². The maximum absolute atomic E-state index is 13.9. The van der Waals surface area contributed by atoms with Crippen LogP contribution >= 0.6 is 15.9 Å². The summed E-state index contributed by atoms with van der Waals surface area (Å²) in [6.07, 6.45) is 1.33. The number of esters is 1. The molecule has 8 nitrogen and oxygen atoms in total. The number of hydrogen-bond donors (Lipinski definition) is 1. The van der Waals surface area contributed by atoms with E-state index in [0.717, 1.165) is 6.07 Å². The van der Waals surface area contributed by atoms with Crippen LogP contribution in [-0.2, 0) is 9.53 Å². The molecule has 1 amide bonds. The maximum atomic E-state index is 13.9. The highest BCUT2D eigenvalue weighted by atomic mass is 79.9. The molecule has 156 valence electrons. The highest BCUT2D eigenvalue weighted by Gasteiger charge is 2.14. The van der Waals surface area contributed by atoms with E-state index in [0.29, 0.717) is 28.1 Å². The first-order valence-electron chi connectivity index (χ1n) is 8.58. The molecule has 0 aliphatic heterocycles. The quantitative estimate of drug-likeness (QED) is 0.355. The fraction of sp³-hybridized carbons (Fsp3) is 0.200. The molecule has 2 aromatic rings. The van der Waals surface area contributed by atoms with E-state index in [-0.39, 0.29) is 17.7 Å². The van der Waals surface area contributed by atoms with E-state index < -0.39 is 17.7 Å². The van der Waals surface area contributed by atoms with Crippen LogP contribution in [0.25, 0.3) is 0 Å². The Morgan fingerprint density at radius 1 is 1.30 bits per heavy atom. The first-order chi connectivity index (χ1) is 14.4. The zero-order chi connectivity index (χ0) is 22.1. The summed E-state index contributed by atoms with van der Waals surface area (Å²) in [5.74, 6) is -1.48. The Kier molecular flexibility index (Phi) is 8.31. The van der Waals surface area contributed by atoms with Crippen LogP contribution in [0.4, 0.5) is 4.39 Å². The van der Waals surface area contributed by atoms with Gasteiger partial charge in [0.2, 0.25) is 0 Å². The molecular formula is C20H17BrFN3O5. The normalized spacial score (nSPS) is 10.4. The molecule has 0 bridgehead atoms. The molecule has 0 atom stereocenters. The lowest BCUT2D eigenvalue weighted by molar-refractivity contribution is -0.142. The van der Waals surface area contributed by atoms with Gasteiger partial charge in [-0.1, -0.05) is 0 Å². The summed E-state index contributed by atoms with van der Waals surface area (Å²) in [7, 11) is 1.25. The van der Waals surface area contributed by atoms with Crippen molar-refractivity contribution in [2.75, 3.05) is 20.3 Å². The molecule has 0 heterocycles. The maximum Gasteiger partial charge on any atom is 0.343 e. The van der Waals surface area contributed by atoms with Crippen molar-refractivity contribution in [1.29, 1.82) is 5.26 Å². The van der Waals surface area contributed by atoms with Gasteiger partial charge in [0.1, 0.15) is 5.82 Å². The van der Waals surface area contributed by atoms with E-state index in [2.05, 4.69) is 31.2 Å². The smallest absolute Gasteiger partial charge is 0.343 e. The van der Waals surface area contributed by atoms with Gasteiger partial charge in [0.25, 0.3) is 5.91 Å². The molecule has 30 heavy (non-hydrogen) atoms. The molecule has 0 aliphatic rings. The lowest BCUT2D eigenvalue weighted by atomic mass is 10.1. The minimum Gasteiger partial charge on any atom is -0.490 e. The summed E-state index contributed by atoms with van der Waals surface area (Å²) in [4.78, 5) is 23.4. The van der Waals surface area contributed by atoms with E-state index >= 15 is 0 Å². The fourth-order valence-electron chi connectivity index (χ4n) is 2.25. The van der Waals surface area contributed by atoms with Crippen LogP contribution in [0, 0.1) is 17.1 Å². The summed E-state index contributed by atoms with van der Waals surface area (Å²) < 4.78 is 29.9. The molecule has 10 heteroatoms. The second kappa shape index (κ2) is 10.9. The highest BCUT2D eigenvalue weighted by Crippen LogP contribution is 2.36. The minimum absolute atomic E-state index is 0.107. The average Bonchev–Trinajstić information content (AvgIpc) is 2.72. The van der Waals surface area contributed by atoms with Gasteiger partial charge in [0.15, 0.2) is 18.1 Å². The third kappa shape index (κ3) is 6.02. The summed E-state index contributed by atoms with van der Waals surface area (Å²) in [6, 6.07) is 8.52. The topological polar surface area (TPSA) is 110 Å². The second-order valence-corrected chi connectivity index (χ2v) is 6.49. The summed E-state index contributed by atoms with van der Waals surface area (Å²) in [6.45, 7) is 1.83.